The van der Waals surface area contributed by atoms with Gasteiger partial charge in [0.05, 0.1) is 0 Å². The molecule has 0 aliphatic rings. The van der Waals surface area contributed by atoms with Gasteiger partial charge in [0.25, 0.3) is 5.91 Å². The molecule has 1 radical (unpaired) electrons. The third-order valence-electron chi connectivity index (χ3n) is 2.35. The van der Waals surface area contributed by atoms with Crippen molar-refractivity contribution in [3.05, 3.63) is 53.6 Å². The Morgan fingerprint density at radius 1 is 1.44 bits per heavy atom. The number of rotatable bonds is 3. The summed E-state index contributed by atoms with van der Waals surface area (Å²) < 4.78 is 1.69. The first-order chi connectivity index (χ1) is 7.66. The van der Waals surface area contributed by atoms with E-state index in [1.165, 1.54) is 5.56 Å². The molecule has 2 N–H and O–H groups in total. The largest absolute Gasteiger partial charge is 0.363 e. The van der Waals surface area contributed by atoms with Crippen LogP contribution in [0.5, 0.6) is 0 Å². The average molecular weight is 214 g/mol. The molecule has 1 heterocycles. The lowest BCUT2D eigenvalue weighted by Gasteiger charge is -2.05. The van der Waals surface area contributed by atoms with E-state index in [-0.39, 0.29) is 5.82 Å². The smallest absolute Gasteiger partial charge is 0.284 e. The second-order valence-corrected chi connectivity index (χ2v) is 3.67. The molecule has 0 saturated heterocycles. The van der Waals surface area contributed by atoms with Crippen molar-refractivity contribution in [1.29, 1.82) is 0 Å². The summed E-state index contributed by atoms with van der Waals surface area (Å²) in [6, 6.07) is 8.08. The van der Waals surface area contributed by atoms with Gasteiger partial charge >= 0.3 is 0 Å². The Morgan fingerprint density at radius 3 is 2.75 bits per heavy atom. The van der Waals surface area contributed by atoms with Gasteiger partial charge in [0.2, 0.25) is 0 Å². The van der Waals surface area contributed by atoms with Crippen LogP contribution in [0.3, 0.4) is 0 Å². The minimum absolute atomic E-state index is 0.237. The molecule has 0 aliphatic carbocycles. The number of aryl methyl sites for hydroxylation is 1. The number of carbonyl (C=O) groups excluding carboxylic acids is 1. The van der Waals surface area contributed by atoms with Crippen LogP contribution >= 0.6 is 0 Å². The Bertz CT molecular complexity index is 499. The van der Waals surface area contributed by atoms with E-state index in [1.54, 1.807) is 10.8 Å². The molecule has 0 fully saturated rings. The third kappa shape index (κ3) is 2.11. The van der Waals surface area contributed by atoms with Gasteiger partial charge in [-0.3, -0.25) is 4.79 Å². The minimum atomic E-state index is -0.534. The molecule has 16 heavy (non-hydrogen) atoms. The molecular formula is C12H12N3O. The molecule has 1 aromatic carbocycles. The normalized spacial score (nSPS) is 10.3. The zero-order valence-electron chi connectivity index (χ0n) is 8.97. The number of nitrogens with two attached hydrogens (primary N) is 1. The highest BCUT2D eigenvalue weighted by atomic mass is 16.1. The van der Waals surface area contributed by atoms with E-state index in [0.29, 0.717) is 6.54 Å². The summed E-state index contributed by atoms with van der Waals surface area (Å²) in [5.74, 6) is -0.297. The second kappa shape index (κ2) is 4.18. The molecule has 0 bridgehead atoms. The number of benzene rings is 1. The quantitative estimate of drug-likeness (QED) is 0.832. The average Bonchev–Trinajstić information content (AvgIpc) is 2.69. The van der Waals surface area contributed by atoms with Crippen LogP contribution in [0.1, 0.15) is 21.7 Å². The first-order valence-electron chi connectivity index (χ1n) is 4.95. The van der Waals surface area contributed by atoms with Crippen LogP contribution in [0, 0.1) is 13.1 Å². The number of aromatic nitrogens is 2. The predicted octanol–water partition coefficient (Wildman–Crippen LogP) is 1.14. The zero-order chi connectivity index (χ0) is 11.5. The maximum absolute atomic E-state index is 11.0. The summed E-state index contributed by atoms with van der Waals surface area (Å²) in [7, 11) is 0. The molecule has 1 aromatic heterocycles. The van der Waals surface area contributed by atoms with Gasteiger partial charge in [-0.05, 0) is 12.5 Å². The molecule has 2 aromatic rings. The number of amides is 1. The van der Waals surface area contributed by atoms with E-state index in [0.717, 1.165) is 5.56 Å². The first-order valence-corrected chi connectivity index (χ1v) is 4.95. The van der Waals surface area contributed by atoms with E-state index in [2.05, 4.69) is 11.2 Å². The predicted molar refractivity (Wildman–Crippen MR) is 59.9 cm³/mol. The summed E-state index contributed by atoms with van der Waals surface area (Å²) in [4.78, 5) is 14.8. The van der Waals surface area contributed by atoms with Gasteiger partial charge in [-0.1, -0.05) is 29.8 Å². The molecule has 81 valence electrons. The fraction of sp³-hybridized carbons (Fsp3) is 0.167. The molecule has 0 saturated carbocycles. The lowest BCUT2D eigenvalue weighted by molar-refractivity contribution is 0.0987. The number of nitrogens with zero attached hydrogens (tertiary/aromatic N) is 2. The highest BCUT2D eigenvalue weighted by molar-refractivity contribution is 5.89. The fourth-order valence-corrected chi connectivity index (χ4v) is 1.49. The summed E-state index contributed by atoms with van der Waals surface area (Å²) in [5, 5.41) is 0. The molecule has 0 atom stereocenters. The Morgan fingerprint density at radius 2 is 2.12 bits per heavy atom. The number of carbonyl (C=O) groups is 1. The van der Waals surface area contributed by atoms with E-state index < -0.39 is 5.91 Å². The second-order valence-electron chi connectivity index (χ2n) is 3.67. The summed E-state index contributed by atoms with van der Waals surface area (Å²) in [6.07, 6.45) is 4.25. The van der Waals surface area contributed by atoms with Crippen LogP contribution in [0.25, 0.3) is 0 Å². The highest BCUT2D eigenvalue weighted by Gasteiger charge is 2.08. The Kier molecular flexibility index (Phi) is 2.72. The maximum Gasteiger partial charge on any atom is 0.284 e. The summed E-state index contributed by atoms with van der Waals surface area (Å²) in [5.41, 5.74) is 7.50. The lowest BCUT2D eigenvalue weighted by Crippen LogP contribution is -2.18. The van der Waals surface area contributed by atoms with Crippen LogP contribution in [0.4, 0.5) is 0 Å². The fourth-order valence-electron chi connectivity index (χ4n) is 1.49. The van der Waals surface area contributed by atoms with Crippen molar-refractivity contribution in [3.8, 4) is 0 Å². The topological polar surface area (TPSA) is 60.9 Å². The summed E-state index contributed by atoms with van der Waals surface area (Å²) in [6.45, 7) is 2.61. The lowest BCUT2D eigenvalue weighted by atomic mass is 10.1. The first kappa shape index (κ1) is 10.4. The van der Waals surface area contributed by atoms with Crippen molar-refractivity contribution < 1.29 is 4.79 Å². The van der Waals surface area contributed by atoms with Gasteiger partial charge in [-0.25, -0.2) is 4.98 Å². The number of hydrogen-bond donors (Lipinski definition) is 1. The van der Waals surface area contributed by atoms with Crippen LogP contribution in [0.15, 0.2) is 30.5 Å². The van der Waals surface area contributed by atoms with Crippen molar-refractivity contribution in [2.75, 3.05) is 0 Å². The van der Waals surface area contributed by atoms with Crippen LogP contribution < -0.4 is 5.73 Å². The van der Waals surface area contributed by atoms with Crippen molar-refractivity contribution in [2.24, 2.45) is 5.73 Å². The van der Waals surface area contributed by atoms with Crippen LogP contribution in [-0.4, -0.2) is 15.5 Å². The maximum atomic E-state index is 11.0. The van der Waals surface area contributed by atoms with E-state index in [4.69, 9.17) is 5.73 Å². The van der Waals surface area contributed by atoms with E-state index in [9.17, 15) is 4.79 Å². The van der Waals surface area contributed by atoms with Crippen molar-refractivity contribution in [3.63, 3.8) is 0 Å². The minimum Gasteiger partial charge on any atom is -0.363 e. The van der Waals surface area contributed by atoms with Crippen LogP contribution in [0.2, 0.25) is 0 Å². The third-order valence-corrected chi connectivity index (χ3v) is 2.35. The Balaban J connectivity index is 2.23. The van der Waals surface area contributed by atoms with E-state index >= 15 is 0 Å². The standard InChI is InChI=1S/C12H12N3O/c1-9-2-4-10(5-3-9)8-15-7-6-14-12(15)11(13)16/h2-5,7H,8H2,1H3,(H2,13,16). The SMILES string of the molecule is Cc1ccc(Cn2c[c]nc2C(N)=O)cc1. The molecule has 0 unspecified atom stereocenters. The Hall–Kier alpha value is -2.10. The van der Waals surface area contributed by atoms with E-state index in [1.807, 2.05) is 31.2 Å². The molecular weight excluding hydrogens is 202 g/mol. The van der Waals surface area contributed by atoms with Crippen LogP contribution in [-0.2, 0) is 6.54 Å². The van der Waals surface area contributed by atoms with Crippen molar-refractivity contribution >= 4 is 5.91 Å². The molecule has 4 heteroatoms. The molecule has 1 amide bonds. The van der Waals surface area contributed by atoms with Crippen molar-refractivity contribution in [1.82, 2.24) is 9.55 Å². The van der Waals surface area contributed by atoms with Gasteiger partial charge in [-0.2, -0.15) is 0 Å². The van der Waals surface area contributed by atoms with Gasteiger partial charge in [0, 0.05) is 12.7 Å². The van der Waals surface area contributed by atoms with Crippen molar-refractivity contribution in [2.45, 2.75) is 13.5 Å². The molecule has 0 spiro atoms. The molecule has 2 rings (SSSR count). The van der Waals surface area contributed by atoms with Gasteiger partial charge < -0.3 is 10.3 Å². The van der Waals surface area contributed by atoms with Gasteiger partial charge in [0.15, 0.2) is 5.82 Å². The number of hydrogen-bond acceptors (Lipinski definition) is 2. The van der Waals surface area contributed by atoms with Gasteiger partial charge in [0.1, 0.15) is 6.20 Å². The highest BCUT2D eigenvalue weighted by Crippen LogP contribution is 2.07. The zero-order valence-corrected chi connectivity index (χ0v) is 8.97. The monoisotopic (exact) mass is 214 g/mol. The molecule has 4 nitrogen and oxygen atoms in total. The number of primary amides is 1. The Labute approximate surface area is 93.7 Å². The van der Waals surface area contributed by atoms with Gasteiger partial charge in [-0.15, -0.1) is 0 Å². The molecule has 0 aliphatic heterocycles. The summed E-state index contributed by atoms with van der Waals surface area (Å²) >= 11 is 0. The number of imidazole rings is 1.